The summed E-state index contributed by atoms with van der Waals surface area (Å²) in [6, 6.07) is 9.30. The number of hydrogen-bond acceptors (Lipinski definition) is 5. The molecule has 6 nitrogen and oxygen atoms in total. The van der Waals surface area contributed by atoms with E-state index in [2.05, 4.69) is 0 Å². The van der Waals surface area contributed by atoms with Crippen LogP contribution < -0.4 is 4.74 Å². The van der Waals surface area contributed by atoms with Crippen LogP contribution in [-0.2, 0) is 10.1 Å². The number of rotatable bonds is 3. The van der Waals surface area contributed by atoms with Gasteiger partial charge in [0.1, 0.15) is 17.1 Å². The summed E-state index contributed by atoms with van der Waals surface area (Å²) in [4.78, 5) is 11.6. The summed E-state index contributed by atoms with van der Waals surface area (Å²) in [6.07, 6.45) is 0. The summed E-state index contributed by atoms with van der Waals surface area (Å²) in [6.45, 7) is 0. The molecule has 0 fully saturated rings. The molecule has 0 atom stereocenters. The Morgan fingerprint density at radius 3 is 2.29 bits per heavy atom. The highest BCUT2D eigenvalue weighted by Crippen LogP contribution is 2.25. The van der Waals surface area contributed by atoms with Gasteiger partial charge in [-0.25, -0.2) is 4.79 Å². The van der Waals surface area contributed by atoms with Gasteiger partial charge < -0.3 is 9.84 Å². The van der Waals surface area contributed by atoms with Crippen molar-refractivity contribution < 1.29 is 27.6 Å². The minimum atomic E-state index is -4.29. The molecule has 2 rings (SSSR count). The van der Waals surface area contributed by atoms with Crippen molar-refractivity contribution in [2.24, 2.45) is 0 Å². The monoisotopic (exact) mass is 420 g/mol. The number of para-hydroxylation sites is 1. The van der Waals surface area contributed by atoms with Crippen LogP contribution in [0.5, 0.6) is 11.5 Å². The number of phenolic OH excluding ortho intramolecular Hbond substituents is 1. The lowest BCUT2D eigenvalue weighted by Crippen LogP contribution is -2.09. The molecule has 8 heteroatoms. The normalized spacial score (nSPS) is 11.1. The van der Waals surface area contributed by atoms with Gasteiger partial charge >= 0.3 is 5.97 Å². The lowest BCUT2D eigenvalue weighted by atomic mass is 10.2. The Balaban J connectivity index is 2.22. The first-order valence-corrected chi connectivity index (χ1v) is 8.08. The molecule has 2 aromatic carbocycles. The number of phenols is 1. The van der Waals surface area contributed by atoms with Gasteiger partial charge in [0.25, 0.3) is 10.1 Å². The minimum Gasteiger partial charge on any atom is -0.506 e. The lowest BCUT2D eigenvalue weighted by Gasteiger charge is -2.07. The second kappa shape index (κ2) is 6.00. The van der Waals surface area contributed by atoms with Gasteiger partial charge in [-0.2, -0.15) is 8.42 Å². The first-order valence-electron chi connectivity index (χ1n) is 5.56. The number of aromatic hydroxyl groups is 1. The lowest BCUT2D eigenvalue weighted by molar-refractivity contribution is 0.0731. The Bertz CT molecular complexity index is 783. The maximum atomic E-state index is 11.9. The van der Waals surface area contributed by atoms with Crippen molar-refractivity contribution in [2.75, 3.05) is 0 Å². The van der Waals surface area contributed by atoms with Crippen molar-refractivity contribution in [3.63, 3.8) is 0 Å². The molecule has 21 heavy (non-hydrogen) atoms. The number of carbonyl (C=O) groups excluding carboxylic acids is 1. The maximum Gasteiger partial charge on any atom is 0.347 e. The highest BCUT2D eigenvalue weighted by atomic mass is 127. The van der Waals surface area contributed by atoms with Crippen LogP contribution in [0.3, 0.4) is 0 Å². The second-order valence-electron chi connectivity index (χ2n) is 3.97. The summed E-state index contributed by atoms with van der Waals surface area (Å²) in [7, 11) is -4.29. The van der Waals surface area contributed by atoms with E-state index in [1.807, 2.05) is 22.6 Å². The zero-order valence-electron chi connectivity index (χ0n) is 10.4. The van der Waals surface area contributed by atoms with E-state index < -0.39 is 16.1 Å². The third kappa shape index (κ3) is 3.71. The van der Waals surface area contributed by atoms with Gasteiger partial charge in [-0.05, 0) is 59.0 Å². The number of carbonyl (C=O) groups is 1. The topological polar surface area (TPSA) is 101 Å². The van der Waals surface area contributed by atoms with Crippen LogP contribution in [0.2, 0.25) is 0 Å². The molecular weight excluding hydrogens is 411 g/mol. The fourth-order valence-electron chi connectivity index (χ4n) is 1.52. The molecule has 0 radical (unpaired) electrons. The van der Waals surface area contributed by atoms with Gasteiger partial charge in [-0.15, -0.1) is 0 Å². The van der Waals surface area contributed by atoms with Gasteiger partial charge in [0.2, 0.25) is 0 Å². The van der Waals surface area contributed by atoms with E-state index in [1.54, 1.807) is 12.1 Å². The standard InChI is InChI=1S/C13H9IO6S/c14-11-3-1-2-10(12(11)15)13(16)20-8-4-6-9(7-5-8)21(17,18)19/h1-7,15H,(H,17,18,19). The van der Waals surface area contributed by atoms with E-state index in [1.165, 1.54) is 18.2 Å². The van der Waals surface area contributed by atoms with Gasteiger partial charge in [0, 0.05) is 0 Å². The van der Waals surface area contributed by atoms with E-state index in [0.29, 0.717) is 3.57 Å². The number of benzene rings is 2. The van der Waals surface area contributed by atoms with Crippen LogP contribution in [0.15, 0.2) is 47.4 Å². The fourth-order valence-corrected chi connectivity index (χ4v) is 2.50. The summed E-state index contributed by atoms with van der Waals surface area (Å²) in [5, 5.41) is 9.78. The molecule has 0 amide bonds. The Morgan fingerprint density at radius 1 is 1.10 bits per heavy atom. The van der Waals surface area contributed by atoms with Crippen LogP contribution in [0.25, 0.3) is 0 Å². The molecule has 0 aliphatic rings. The van der Waals surface area contributed by atoms with Gasteiger partial charge in [-0.3, -0.25) is 4.55 Å². The van der Waals surface area contributed by atoms with E-state index in [0.717, 1.165) is 12.1 Å². The molecule has 0 heterocycles. The summed E-state index contributed by atoms with van der Waals surface area (Å²) >= 11 is 1.88. The van der Waals surface area contributed by atoms with E-state index in [-0.39, 0.29) is 22.0 Å². The molecule has 0 spiro atoms. The molecular formula is C13H9IO6S. The van der Waals surface area contributed by atoms with Crippen molar-refractivity contribution in [3.05, 3.63) is 51.6 Å². The molecule has 2 N–H and O–H groups in total. The SMILES string of the molecule is O=C(Oc1ccc(S(=O)(=O)O)cc1)c1cccc(I)c1O. The second-order valence-corrected chi connectivity index (χ2v) is 6.56. The Kier molecular flexibility index (Phi) is 4.49. The fraction of sp³-hybridized carbons (Fsp3) is 0. The molecule has 0 aliphatic heterocycles. The predicted octanol–water partition coefficient (Wildman–Crippen LogP) is 2.46. The van der Waals surface area contributed by atoms with Crippen LogP contribution >= 0.6 is 22.6 Å². The average Bonchev–Trinajstić information content (AvgIpc) is 2.41. The number of ether oxygens (including phenoxy) is 1. The van der Waals surface area contributed by atoms with Crippen LogP contribution in [0, 0.1) is 3.57 Å². The zero-order chi connectivity index (χ0) is 15.6. The zero-order valence-corrected chi connectivity index (χ0v) is 13.3. The van der Waals surface area contributed by atoms with E-state index in [4.69, 9.17) is 9.29 Å². The molecule has 110 valence electrons. The molecule has 2 aromatic rings. The highest BCUT2D eigenvalue weighted by molar-refractivity contribution is 14.1. The number of hydrogen-bond donors (Lipinski definition) is 2. The van der Waals surface area contributed by atoms with Gasteiger partial charge in [0.05, 0.1) is 8.47 Å². The first-order chi connectivity index (χ1) is 9.79. The Labute approximate surface area is 134 Å². The summed E-state index contributed by atoms with van der Waals surface area (Å²) in [5.74, 6) is -0.867. The highest BCUT2D eigenvalue weighted by Gasteiger charge is 2.16. The Morgan fingerprint density at radius 2 is 1.71 bits per heavy atom. The minimum absolute atomic E-state index is 0.000700. The van der Waals surface area contributed by atoms with E-state index >= 15 is 0 Å². The molecule has 0 bridgehead atoms. The largest absolute Gasteiger partial charge is 0.506 e. The van der Waals surface area contributed by atoms with Crippen LogP contribution in [-0.4, -0.2) is 24.0 Å². The summed E-state index contributed by atoms with van der Waals surface area (Å²) < 4.78 is 36.1. The average molecular weight is 420 g/mol. The molecule has 0 saturated carbocycles. The van der Waals surface area contributed by atoms with Crippen molar-refractivity contribution >= 4 is 38.7 Å². The smallest absolute Gasteiger partial charge is 0.347 e. The predicted molar refractivity (Wildman–Crippen MR) is 82.0 cm³/mol. The van der Waals surface area contributed by atoms with Crippen LogP contribution in [0.4, 0.5) is 0 Å². The van der Waals surface area contributed by atoms with Crippen LogP contribution in [0.1, 0.15) is 10.4 Å². The van der Waals surface area contributed by atoms with E-state index in [9.17, 15) is 18.3 Å². The van der Waals surface area contributed by atoms with Crippen molar-refractivity contribution in [3.8, 4) is 11.5 Å². The van der Waals surface area contributed by atoms with Gasteiger partial charge in [-0.1, -0.05) is 6.07 Å². The van der Waals surface area contributed by atoms with Gasteiger partial charge in [0.15, 0.2) is 0 Å². The number of esters is 1. The molecule has 0 aliphatic carbocycles. The third-order valence-corrected chi connectivity index (χ3v) is 4.28. The Hall–Kier alpha value is -1.65. The molecule has 0 aromatic heterocycles. The molecule has 0 saturated heterocycles. The van der Waals surface area contributed by atoms with Crippen molar-refractivity contribution in [1.82, 2.24) is 0 Å². The summed E-state index contributed by atoms with van der Waals surface area (Å²) in [5.41, 5.74) is 0.000700. The maximum absolute atomic E-state index is 11.9. The van der Waals surface area contributed by atoms with Crippen molar-refractivity contribution in [1.29, 1.82) is 0 Å². The number of halogens is 1. The third-order valence-electron chi connectivity index (χ3n) is 2.54. The molecule has 0 unspecified atom stereocenters. The quantitative estimate of drug-likeness (QED) is 0.343. The van der Waals surface area contributed by atoms with Crippen molar-refractivity contribution in [2.45, 2.75) is 4.90 Å². The first kappa shape index (κ1) is 15.7.